The number of fused-ring (bicyclic) bond motifs is 1. The van der Waals surface area contributed by atoms with Gasteiger partial charge in [-0.25, -0.2) is 0 Å². The van der Waals surface area contributed by atoms with Crippen molar-refractivity contribution in [1.82, 2.24) is 10.5 Å². The first-order valence-corrected chi connectivity index (χ1v) is 15.7. The smallest absolute Gasteiger partial charge is 0.272 e. The number of anilines is 2. The molecule has 0 aliphatic heterocycles. The fraction of sp³-hybridized carbons (Fsp3) is 0.0526. The second kappa shape index (κ2) is 14.4. The van der Waals surface area contributed by atoms with E-state index in [1.54, 1.807) is 61.5 Å². The summed E-state index contributed by atoms with van der Waals surface area (Å²) in [5, 5.41) is 13.8. The van der Waals surface area contributed by atoms with Crippen molar-refractivity contribution in [2.75, 3.05) is 10.6 Å². The van der Waals surface area contributed by atoms with E-state index in [9.17, 15) is 14.4 Å². The summed E-state index contributed by atoms with van der Waals surface area (Å²) >= 11 is 1.33. The van der Waals surface area contributed by atoms with Crippen molar-refractivity contribution in [3.63, 3.8) is 0 Å². The van der Waals surface area contributed by atoms with Crippen molar-refractivity contribution < 1.29 is 18.9 Å². The summed E-state index contributed by atoms with van der Waals surface area (Å²) in [7, 11) is 0. The van der Waals surface area contributed by atoms with Crippen molar-refractivity contribution in [1.29, 1.82) is 0 Å². The molecule has 47 heavy (non-hydrogen) atoms. The van der Waals surface area contributed by atoms with Gasteiger partial charge in [0.25, 0.3) is 11.8 Å². The fourth-order valence-corrected chi connectivity index (χ4v) is 6.06. The molecule has 232 valence electrons. The van der Waals surface area contributed by atoms with Crippen molar-refractivity contribution in [3.8, 4) is 0 Å². The predicted octanol–water partition coefficient (Wildman–Crippen LogP) is 8.02. The summed E-state index contributed by atoms with van der Waals surface area (Å²) in [5.41, 5.74) is 2.59. The summed E-state index contributed by atoms with van der Waals surface area (Å²) in [6.45, 7) is 1.75. The van der Waals surface area contributed by atoms with Gasteiger partial charge in [-0.15, -0.1) is 11.8 Å². The molecule has 9 heteroatoms. The Morgan fingerprint density at radius 1 is 0.766 bits per heavy atom. The lowest BCUT2D eigenvalue weighted by Crippen LogP contribution is -2.30. The Hall–Kier alpha value is -5.93. The van der Waals surface area contributed by atoms with Crippen molar-refractivity contribution in [2.45, 2.75) is 17.1 Å². The second-order valence-electron chi connectivity index (χ2n) is 10.6. The number of benzene rings is 5. The second-order valence-corrected chi connectivity index (χ2v) is 11.8. The van der Waals surface area contributed by atoms with E-state index >= 15 is 0 Å². The minimum atomic E-state index is -0.619. The van der Waals surface area contributed by atoms with Crippen LogP contribution in [0.2, 0.25) is 0 Å². The maximum atomic E-state index is 13.8. The van der Waals surface area contributed by atoms with Gasteiger partial charge in [-0.3, -0.25) is 14.4 Å². The number of carbonyl (C=O) groups is 3. The molecule has 0 bridgehead atoms. The van der Waals surface area contributed by atoms with Crippen LogP contribution in [0.25, 0.3) is 16.8 Å². The zero-order chi connectivity index (χ0) is 32.6. The molecule has 0 aliphatic carbocycles. The predicted molar refractivity (Wildman–Crippen MR) is 186 cm³/mol. The number of thioether (sulfide) groups is 1. The topological polar surface area (TPSA) is 113 Å². The van der Waals surface area contributed by atoms with Crippen LogP contribution >= 0.6 is 11.8 Å². The first-order valence-electron chi connectivity index (χ1n) is 14.9. The Bertz CT molecular complexity index is 2070. The van der Waals surface area contributed by atoms with Crippen LogP contribution in [0.4, 0.5) is 11.5 Å². The number of carbonyl (C=O) groups excluding carboxylic acids is 3. The van der Waals surface area contributed by atoms with Gasteiger partial charge in [-0.1, -0.05) is 102 Å². The normalized spacial score (nSPS) is 11.9. The van der Waals surface area contributed by atoms with Gasteiger partial charge in [0.1, 0.15) is 16.7 Å². The Kier molecular flexibility index (Phi) is 9.55. The average Bonchev–Trinajstić information content (AvgIpc) is 3.51. The van der Waals surface area contributed by atoms with Crippen LogP contribution in [-0.4, -0.2) is 22.9 Å². The molecule has 8 nitrogen and oxygen atoms in total. The molecule has 1 aromatic heterocycles. The minimum absolute atomic E-state index is 0.0812. The monoisotopic (exact) mass is 638 g/mol. The summed E-state index contributed by atoms with van der Waals surface area (Å²) < 4.78 is 5.11. The molecule has 6 aromatic rings. The van der Waals surface area contributed by atoms with Crippen LogP contribution in [0.15, 0.2) is 149 Å². The lowest BCUT2D eigenvalue weighted by Gasteiger charge is -2.17. The van der Waals surface area contributed by atoms with E-state index < -0.39 is 17.1 Å². The molecular formula is C38H30N4O4S. The van der Waals surface area contributed by atoms with E-state index in [1.807, 2.05) is 84.9 Å². The van der Waals surface area contributed by atoms with Gasteiger partial charge in [0, 0.05) is 22.2 Å². The molecule has 0 saturated heterocycles. The van der Waals surface area contributed by atoms with E-state index in [-0.39, 0.29) is 11.6 Å². The number of nitrogens with zero attached hydrogens (tertiary/aromatic N) is 1. The van der Waals surface area contributed by atoms with Crippen LogP contribution in [0.1, 0.15) is 32.5 Å². The molecule has 0 aliphatic rings. The highest BCUT2D eigenvalue weighted by Gasteiger charge is 2.24. The van der Waals surface area contributed by atoms with E-state index in [2.05, 4.69) is 21.1 Å². The van der Waals surface area contributed by atoms with Gasteiger partial charge in [0.2, 0.25) is 5.91 Å². The van der Waals surface area contributed by atoms with Crippen molar-refractivity contribution in [3.05, 3.63) is 162 Å². The van der Waals surface area contributed by atoms with Gasteiger partial charge in [0.05, 0.1) is 0 Å². The number of amides is 3. The molecule has 0 radical (unpaired) electrons. The van der Waals surface area contributed by atoms with Gasteiger partial charge in [-0.05, 0) is 65.2 Å². The molecule has 6 rings (SSSR count). The zero-order valence-electron chi connectivity index (χ0n) is 25.3. The molecule has 0 saturated carbocycles. The van der Waals surface area contributed by atoms with E-state index in [0.717, 1.165) is 26.8 Å². The van der Waals surface area contributed by atoms with Gasteiger partial charge < -0.3 is 20.5 Å². The molecule has 5 aromatic carbocycles. The molecule has 0 fully saturated rings. The third kappa shape index (κ3) is 7.84. The molecule has 1 heterocycles. The van der Waals surface area contributed by atoms with Crippen LogP contribution < -0.4 is 16.0 Å². The molecule has 0 spiro atoms. The summed E-state index contributed by atoms with van der Waals surface area (Å²) in [6.07, 6.45) is 1.68. The lowest BCUT2D eigenvalue weighted by atomic mass is 10.0. The number of aryl methyl sites for hydroxylation is 1. The summed E-state index contributed by atoms with van der Waals surface area (Å²) in [4.78, 5) is 41.2. The van der Waals surface area contributed by atoms with Crippen molar-refractivity contribution >= 4 is 57.8 Å². The first kappa shape index (κ1) is 31.1. The number of nitrogens with one attached hydrogen (secondary N) is 3. The fourth-order valence-electron chi connectivity index (χ4n) is 4.97. The lowest BCUT2D eigenvalue weighted by molar-refractivity contribution is -0.116. The maximum Gasteiger partial charge on any atom is 0.272 e. The Morgan fingerprint density at radius 3 is 2.23 bits per heavy atom. The molecule has 3 N–H and O–H groups in total. The van der Waals surface area contributed by atoms with Crippen LogP contribution in [0, 0.1) is 6.92 Å². The number of aromatic nitrogens is 1. The van der Waals surface area contributed by atoms with Gasteiger partial charge in [0.15, 0.2) is 5.82 Å². The summed E-state index contributed by atoms with van der Waals surface area (Å²) in [5.74, 6) is -0.258. The number of hydrogen-bond donors (Lipinski definition) is 3. The van der Waals surface area contributed by atoms with E-state index in [0.29, 0.717) is 22.8 Å². The molecule has 3 amide bonds. The SMILES string of the molecule is Cc1cc(NC(=O)C(Sc2cccc(NC(=O)/C(=C\c3cccc4ccccc34)NC(=O)c3ccccc3)c2)c2ccccc2)no1. The molecule has 1 unspecified atom stereocenters. The first-order chi connectivity index (χ1) is 22.9. The highest BCUT2D eigenvalue weighted by molar-refractivity contribution is 8.00. The number of hydrogen-bond acceptors (Lipinski definition) is 6. The third-order valence-electron chi connectivity index (χ3n) is 7.22. The minimum Gasteiger partial charge on any atom is -0.360 e. The van der Waals surface area contributed by atoms with Crippen LogP contribution in [0.3, 0.4) is 0 Å². The quantitative estimate of drug-likeness (QED) is 0.103. The highest BCUT2D eigenvalue weighted by atomic mass is 32.2. The van der Waals surface area contributed by atoms with Crippen LogP contribution in [-0.2, 0) is 9.59 Å². The largest absolute Gasteiger partial charge is 0.360 e. The Balaban J connectivity index is 1.27. The standard InChI is InChI=1S/C38H30N4O4S/c1-25-22-34(42-46-25)41-38(45)35(27-13-4-2-5-14-27)47-31-20-11-19-30(24-31)39-37(44)33(40-36(43)28-15-6-3-7-16-28)23-29-18-10-17-26-12-8-9-21-32(26)29/h2-24,35H,1H3,(H,39,44)(H,40,43)(H,41,42,45)/b33-23+. The van der Waals surface area contributed by atoms with E-state index in [4.69, 9.17) is 4.52 Å². The average molecular weight is 639 g/mol. The third-order valence-corrected chi connectivity index (χ3v) is 8.47. The molecule has 1 atom stereocenters. The van der Waals surface area contributed by atoms with Crippen molar-refractivity contribution in [2.24, 2.45) is 0 Å². The Labute approximate surface area is 275 Å². The van der Waals surface area contributed by atoms with Gasteiger partial charge >= 0.3 is 0 Å². The van der Waals surface area contributed by atoms with Crippen LogP contribution in [0.5, 0.6) is 0 Å². The maximum absolute atomic E-state index is 13.8. The highest BCUT2D eigenvalue weighted by Crippen LogP contribution is 2.37. The summed E-state index contributed by atoms with van der Waals surface area (Å²) in [6, 6.07) is 40.7. The van der Waals surface area contributed by atoms with E-state index in [1.165, 1.54) is 11.8 Å². The Morgan fingerprint density at radius 2 is 1.47 bits per heavy atom. The van der Waals surface area contributed by atoms with Gasteiger partial charge in [-0.2, -0.15) is 0 Å². The molecular weight excluding hydrogens is 609 g/mol. The number of rotatable bonds is 10. The zero-order valence-corrected chi connectivity index (χ0v) is 26.2.